The summed E-state index contributed by atoms with van der Waals surface area (Å²) in [5.74, 6) is 1.79. The second-order valence-corrected chi connectivity index (χ2v) is 10.1. The van der Waals surface area contributed by atoms with Crippen LogP contribution in [-0.2, 0) is 4.79 Å². The molecule has 1 heterocycles. The molecule has 0 radical (unpaired) electrons. The fourth-order valence-corrected chi connectivity index (χ4v) is 7.21. The van der Waals surface area contributed by atoms with Gasteiger partial charge in [0.15, 0.2) is 5.78 Å². The largest absolute Gasteiger partial charge is 0.352 e. The lowest BCUT2D eigenvalue weighted by atomic mass is 9.50. The number of carbonyl (C=O) groups excluding carboxylic acids is 2. The van der Waals surface area contributed by atoms with Crippen LogP contribution in [0.3, 0.4) is 0 Å². The van der Waals surface area contributed by atoms with Crippen molar-refractivity contribution in [2.24, 2.45) is 28.6 Å². The minimum atomic E-state index is 0.0797. The molecule has 1 aliphatic heterocycles. The van der Waals surface area contributed by atoms with Crippen LogP contribution >= 0.6 is 0 Å². The molecule has 6 atom stereocenters. The average molecular weight is 378 g/mol. The lowest BCUT2D eigenvalue weighted by Gasteiger charge is -2.56. The molecule has 2 saturated carbocycles. The molecule has 0 aromatic heterocycles. The smallest absolute Gasteiger partial charge is 0.220 e. The van der Waals surface area contributed by atoms with E-state index in [-0.39, 0.29) is 28.7 Å². The number of benzene rings is 1. The van der Waals surface area contributed by atoms with Crippen molar-refractivity contribution in [1.29, 1.82) is 0 Å². The van der Waals surface area contributed by atoms with Gasteiger partial charge in [0.1, 0.15) is 0 Å². The number of allylic oxidation sites excluding steroid dienone is 1. The summed E-state index contributed by atoms with van der Waals surface area (Å²) in [6, 6.07) is 10.2. The van der Waals surface area contributed by atoms with Crippen molar-refractivity contribution < 1.29 is 9.59 Å². The van der Waals surface area contributed by atoms with Gasteiger partial charge in [-0.15, -0.1) is 0 Å². The van der Waals surface area contributed by atoms with Crippen LogP contribution in [-0.4, -0.2) is 17.7 Å². The second-order valence-electron chi connectivity index (χ2n) is 10.1. The van der Waals surface area contributed by atoms with Gasteiger partial charge in [0, 0.05) is 23.9 Å². The van der Waals surface area contributed by atoms with Crippen LogP contribution in [0.2, 0.25) is 0 Å². The predicted octanol–water partition coefficient (Wildman–Crippen LogP) is 4.93. The van der Waals surface area contributed by atoms with E-state index in [1.165, 1.54) is 0 Å². The van der Waals surface area contributed by atoms with Gasteiger partial charge in [-0.1, -0.05) is 55.8 Å². The van der Waals surface area contributed by atoms with Crippen LogP contribution in [0.4, 0.5) is 0 Å². The third-order valence-corrected chi connectivity index (χ3v) is 8.89. The van der Waals surface area contributed by atoms with E-state index in [0.29, 0.717) is 24.0 Å². The standard InChI is InChI=1S/C25H31NO2/c1-24-14-12-19-17(8-11-21-25(19,2)15-13-22(27)26-21)18(24)9-10-20(24)23(28)16-6-4-3-5-7-16/h3-8,18-21H,9-15H2,1-2H3,(H,26,27)/t18-,19+,20?,21?,24-,25+/m0/s1. The van der Waals surface area contributed by atoms with E-state index in [2.05, 4.69) is 25.2 Å². The van der Waals surface area contributed by atoms with E-state index >= 15 is 0 Å². The van der Waals surface area contributed by atoms with Crippen molar-refractivity contribution in [3.05, 3.63) is 47.5 Å². The Labute approximate surface area is 168 Å². The lowest BCUT2D eigenvalue weighted by molar-refractivity contribution is -0.128. The Bertz CT molecular complexity index is 843. The molecule has 28 heavy (non-hydrogen) atoms. The van der Waals surface area contributed by atoms with Gasteiger partial charge >= 0.3 is 0 Å². The summed E-state index contributed by atoms with van der Waals surface area (Å²) in [7, 11) is 0. The van der Waals surface area contributed by atoms with Gasteiger partial charge in [-0.3, -0.25) is 9.59 Å². The van der Waals surface area contributed by atoms with Crippen LogP contribution in [0, 0.1) is 28.6 Å². The maximum absolute atomic E-state index is 13.3. The summed E-state index contributed by atoms with van der Waals surface area (Å²) < 4.78 is 0. The van der Waals surface area contributed by atoms with E-state index < -0.39 is 0 Å². The van der Waals surface area contributed by atoms with Crippen LogP contribution in [0.15, 0.2) is 42.0 Å². The number of amides is 1. The molecule has 3 aliphatic carbocycles. The quantitative estimate of drug-likeness (QED) is 0.587. The number of hydrogen-bond acceptors (Lipinski definition) is 2. The molecule has 1 aromatic rings. The van der Waals surface area contributed by atoms with Crippen molar-refractivity contribution in [3.8, 4) is 0 Å². The van der Waals surface area contributed by atoms with Crippen LogP contribution in [0.25, 0.3) is 0 Å². The number of hydrogen-bond donors (Lipinski definition) is 1. The highest BCUT2D eigenvalue weighted by atomic mass is 16.1. The molecule has 3 nitrogen and oxygen atoms in total. The summed E-state index contributed by atoms with van der Waals surface area (Å²) in [5, 5.41) is 3.27. The first-order valence-corrected chi connectivity index (χ1v) is 11.0. The van der Waals surface area contributed by atoms with Crippen molar-refractivity contribution in [1.82, 2.24) is 5.32 Å². The van der Waals surface area contributed by atoms with Gasteiger partial charge in [0.05, 0.1) is 0 Å². The summed E-state index contributed by atoms with van der Waals surface area (Å²) in [6.07, 6.45) is 9.48. The zero-order valence-corrected chi connectivity index (χ0v) is 17.0. The monoisotopic (exact) mass is 377 g/mol. The zero-order chi connectivity index (χ0) is 19.5. The fourth-order valence-electron chi connectivity index (χ4n) is 7.21. The Hall–Kier alpha value is -1.90. The molecule has 3 heteroatoms. The number of Topliss-reactive ketones (excluding diaryl/α,β-unsaturated/α-hetero) is 1. The van der Waals surface area contributed by atoms with E-state index in [9.17, 15) is 9.59 Å². The predicted molar refractivity (Wildman–Crippen MR) is 110 cm³/mol. The number of piperidine rings is 1. The van der Waals surface area contributed by atoms with Gasteiger partial charge in [-0.25, -0.2) is 0 Å². The molecule has 2 unspecified atom stereocenters. The average Bonchev–Trinajstić information content (AvgIpc) is 3.06. The number of fused-ring (bicyclic) bond motifs is 5. The molecule has 1 N–H and O–H groups in total. The number of rotatable bonds is 2. The fraction of sp³-hybridized carbons (Fsp3) is 0.600. The Morgan fingerprint density at radius 2 is 1.75 bits per heavy atom. The molecule has 0 bridgehead atoms. The highest BCUT2D eigenvalue weighted by Crippen LogP contribution is 2.64. The molecule has 0 spiro atoms. The second kappa shape index (κ2) is 6.30. The summed E-state index contributed by atoms with van der Waals surface area (Å²) in [5.41, 5.74) is 2.75. The van der Waals surface area contributed by atoms with Crippen LogP contribution in [0.1, 0.15) is 69.2 Å². The van der Waals surface area contributed by atoms with Gasteiger partial charge < -0.3 is 5.32 Å². The molecular formula is C25H31NO2. The van der Waals surface area contributed by atoms with E-state index in [1.807, 2.05) is 30.3 Å². The summed E-state index contributed by atoms with van der Waals surface area (Å²) in [6.45, 7) is 4.78. The van der Waals surface area contributed by atoms with Gasteiger partial charge in [-0.2, -0.15) is 0 Å². The molecule has 1 saturated heterocycles. The van der Waals surface area contributed by atoms with Crippen molar-refractivity contribution in [2.75, 3.05) is 0 Å². The lowest BCUT2D eigenvalue weighted by Crippen LogP contribution is -2.58. The summed E-state index contributed by atoms with van der Waals surface area (Å²) >= 11 is 0. The van der Waals surface area contributed by atoms with Gasteiger partial charge in [0.25, 0.3) is 0 Å². The maximum atomic E-state index is 13.3. The molecule has 148 valence electrons. The molecule has 4 aliphatic rings. The number of ketones is 1. The Balaban J connectivity index is 1.45. The molecule has 1 aromatic carbocycles. The van der Waals surface area contributed by atoms with Crippen LogP contribution < -0.4 is 5.32 Å². The van der Waals surface area contributed by atoms with Crippen molar-refractivity contribution >= 4 is 11.7 Å². The molecule has 5 rings (SSSR count). The maximum Gasteiger partial charge on any atom is 0.220 e. The zero-order valence-electron chi connectivity index (χ0n) is 17.0. The van der Waals surface area contributed by atoms with Gasteiger partial charge in [-0.05, 0) is 61.2 Å². The Morgan fingerprint density at radius 3 is 2.54 bits per heavy atom. The minimum absolute atomic E-state index is 0.0797. The van der Waals surface area contributed by atoms with E-state index in [0.717, 1.165) is 44.1 Å². The van der Waals surface area contributed by atoms with Crippen LogP contribution in [0.5, 0.6) is 0 Å². The Morgan fingerprint density at radius 1 is 1.00 bits per heavy atom. The number of nitrogens with one attached hydrogen (secondary N) is 1. The molecule has 1 amide bonds. The van der Waals surface area contributed by atoms with E-state index in [1.54, 1.807) is 5.57 Å². The SMILES string of the molecule is C[C@]12CCC(=O)NC1CC=C1[C@H]2CC[C@]2(C)C(C(=O)c3ccccc3)CC[C@@H]12. The highest BCUT2D eigenvalue weighted by molar-refractivity contribution is 5.98. The first-order chi connectivity index (χ1) is 13.4. The normalized spacial score (nSPS) is 41.9. The van der Waals surface area contributed by atoms with Crippen molar-refractivity contribution in [3.63, 3.8) is 0 Å². The minimum Gasteiger partial charge on any atom is -0.352 e. The van der Waals surface area contributed by atoms with E-state index in [4.69, 9.17) is 0 Å². The highest BCUT2D eigenvalue weighted by Gasteiger charge is 2.58. The first kappa shape index (κ1) is 18.1. The number of carbonyl (C=O) groups is 2. The first-order valence-electron chi connectivity index (χ1n) is 11.0. The molecule has 3 fully saturated rings. The third-order valence-electron chi connectivity index (χ3n) is 8.89. The van der Waals surface area contributed by atoms with Gasteiger partial charge in [0.2, 0.25) is 5.91 Å². The topological polar surface area (TPSA) is 46.2 Å². The third kappa shape index (κ3) is 2.47. The van der Waals surface area contributed by atoms with Crippen molar-refractivity contribution in [2.45, 2.75) is 64.8 Å². The molecular weight excluding hydrogens is 346 g/mol. The Kier molecular flexibility index (Phi) is 4.08. The summed E-state index contributed by atoms with van der Waals surface area (Å²) in [4.78, 5) is 25.3.